The molecule has 15 nitrogen and oxygen atoms in total. The highest BCUT2D eigenvalue weighted by Gasteiger charge is 2.19. The lowest BCUT2D eigenvalue weighted by atomic mass is 10.0. The highest BCUT2D eigenvalue weighted by atomic mass is 16.5. The maximum Gasteiger partial charge on any atom is 0.163 e. The number of aromatic nitrogens is 9. The van der Waals surface area contributed by atoms with Crippen LogP contribution in [0.15, 0.2) is 91.4 Å². The van der Waals surface area contributed by atoms with Gasteiger partial charge in [0.1, 0.15) is 17.1 Å². The molecule has 0 spiro atoms. The maximum absolute atomic E-state index is 6.53. The molecule has 3 heterocycles. The molecule has 0 amide bonds. The molecule has 0 aliphatic heterocycles. The number of hydrogen-bond acceptors (Lipinski definition) is 12. The summed E-state index contributed by atoms with van der Waals surface area (Å²) in [7, 11) is 0. The Bertz CT molecular complexity index is 2760. The van der Waals surface area contributed by atoms with Crippen LogP contribution in [0, 0.1) is 0 Å². The Hall–Kier alpha value is -6.90. The molecular formula is C78H117N9O6. The lowest BCUT2D eigenvalue weighted by molar-refractivity contribution is 0.258. The molecule has 7 aromatic rings. The van der Waals surface area contributed by atoms with Crippen LogP contribution in [0.4, 0.5) is 0 Å². The van der Waals surface area contributed by atoms with E-state index in [0.29, 0.717) is 56.7 Å². The van der Waals surface area contributed by atoms with Crippen LogP contribution in [0.1, 0.15) is 273 Å². The quantitative estimate of drug-likeness (QED) is 0.0334. The van der Waals surface area contributed by atoms with E-state index in [0.717, 1.165) is 145 Å². The maximum atomic E-state index is 6.53. The molecule has 3 aromatic heterocycles. The highest BCUT2D eigenvalue weighted by molar-refractivity contribution is 5.77. The topological polar surface area (TPSA) is 148 Å². The Morgan fingerprint density at radius 3 is 0.667 bits per heavy atom. The Balaban J connectivity index is 1.19. The molecule has 0 radical (unpaired) electrons. The first-order chi connectivity index (χ1) is 45.9. The monoisotopic (exact) mass is 1280 g/mol. The van der Waals surface area contributed by atoms with Gasteiger partial charge in [0.2, 0.25) is 0 Å². The van der Waals surface area contributed by atoms with Gasteiger partial charge in [-0.3, -0.25) is 0 Å². The highest BCUT2D eigenvalue weighted by Crippen LogP contribution is 2.37. The number of benzene rings is 4. The van der Waals surface area contributed by atoms with Crippen LogP contribution in [0.2, 0.25) is 0 Å². The van der Waals surface area contributed by atoms with E-state index in [1.54, 1.807) is 0 Å². The fraction of sp³-hybridized carbons (Fsp3) is 0.615. The predicted octanol–water partition coefficient (Wildman–Crippen LogP) is 21.9. The first-order valence-corrected chi connectivity index (χ1v) is 37.1. The van der Waals surface area contributed by atoms with E-state index >= 15 is 0 Å². The summed E-state index contributed by atoms with van der Waals surface area (Å²) in [5.74, 6) is 4.43. The van der Waals surface area contributed by atoms with Crippen molar-refractivity contribution in [2.75, 3.05) is 39.6 Å². The molecule has 0 bridgehead atoms. The summed E-state index contributed by atoms with van der Waals surface area (Å²) in [5.41, 5.74) is 6.95. The van der Waals surface area contributed by atoms with Crippen LogP contribution >= 0.6 is 0 Å². The molecule has 7 rings (SSSR count). The third-order valence-corrected chi connectivity index (χ3v) is 17.4. The molecule has 0 fully saturated rings. The Kier molecular flexibility index (Phi) is 35.3. The van der Waals surface area contributed by atoms with Crippen molar-refractivity contribution in [3.05, 3.63) is 91.4 Å². The number of unbranched alkanes of at least 4 members (excludes halogenated alkanes) is 30. The predicted molar refractivity (Wildman–Crippen MR) is 381 cm³/mol. The molecule has 510 valence electrons. The summed E-state index contributed by atoms with van der Waals surface area (Å²) in [4.78, 5) is 0. The summed E-state index contributed by atoms with van der Waals surface area (Å²) >= 11 is 0. The standard InChI is InChI=1S/C78H117N9O6/c1-7-13-19-25-31-37-49-88-73-46-43-67(58-76(73)91-52-40-34-28-22-16-10-4)85-61-70(79-82-85)64-55-65(71-62-86(83-80-71)68-44-47-74(89-50-38-32-26-20-14-8-2)77(59-68)92-53-41-35-29-23-17-11-5)57-66(56-64)72-63-87(84-81-72)69-45-48-75(90-51-39-33-27-21-15-9-3)78(60-69)93-54-42-36-30-24-18-12-6/h43-48,55-63H,7-42,49-54H2,1-6H3. The minimum atomic E-state index is 0.622. The third-order valence-electron chi connectivity index (χ3n) is 17.4. The number of ether oxygens (including phenoxy) is 6. The van der Waals surface area contributed by atoms with Gasteiger partial charge >= 0.3 is 0 Å². The van der Waals surface area contributed by atoms with Crippen LogP contribution in [-0.2, 0) is 0 Å². The van der Waals surface area contributed by atoms with E-state index < -0.39 is 0 Å². The van der Waals surface area contributed by atoms with Crippen LogP contribution < -0.4 is 28.4 Å². The zero-order valence-electron chi connectivity index (χ0n) is 58.3. The van der Waals surface area contributed by atoms with Crippen molar-refractivity contribution in [2.45, 2.75) is 273 Å². The van der Waals surface area contributed by atoms with Gasteiger partial charge in [-0.2, -0.15) is 0 Å². The van der Waals surface area contributed by atoms with Crippen molar-refractivity contribution in [3.63, 3.8) is 0 Å². The largest absolute Gasteiger partial charge is 0.490 e. The van der Waals surface area contributed by atoms with Gasteiger partial charge in [0.15, 0.2) is 34.5 Å². The summed E-state index contributed by atoms with van der Waals surface area (Å²) in [6.07, 6.45) is 48.8. The van der Waals surface area contributed by atoms with Gasteiger partial charge in [-0.05, 0) is 93.1 Å². The van der Waals surface area contributed by atoms with Crippen LogP contribution in [0.25, 0.3) is 50.8 Å². The fourth-order valence-corrected chi connectivity index (χ4v) is 11.6. The Morgan fingerprint density at radius 2 is 0.441 bits per heavy atom. The van der Waals surface area contributed by atoms with Crippen LogP contribution in [0.5, 0.6) is 34.5 Å². The molecule has 0 saturated carbocycles. The first kappa shape index (κ1) is 73.5. The normalized spacial score (nSPS) is 11.4. The molecule has 0 aliphatic carbocycles. The summed E-state index contributed by atoms with van der Waals surface area (Å²) in [6.45, 7) is 17.4. The second-order valence-corrected chi connectivity index (χ2v) is 25.5. The van der Waals surface area contributed by atoms with Gasteiger partial charge in [-0.1, -0.05) is 250 Å². The summed E-state index contributed by atoms with van der Waals surface area (Å²) in [5, 5.41) is 28.6. The molecule has 93 heavy (non-hydrogen) atoms. The van der Waals surface area contributed by atoms with Crippen molar-refractivity contribution in [1.29, 1.82) is 0 Å². The number of hydrogen-bond donors (Lipinski definition) is 0. The number of rotatable bonds is 54. The third kappa shape index (κ3) is 26.4. The van der Waals surface area contributed by atoms with Crippen molar-refractivity contribution < 1.29 is 28.4 Å². The van der Waals surface area contributed by atoms with Gasteiger partial charge in [0.05, 0.1) is 75.3 Å². The van der Waals surface area contributed by atoms with Gasteiger partial charge < -0.3 is 28.4 Å². The van der Waals surface area contributed by atoms with E-state index in [9.17, 15) is 0 Å². The lowest BCUT2D eigenvalue weighted by Crippen LogP contribution is -2.04. The van der Waals surface area contributed by atoms with Gasteiger partial charge in [0.25, 0.3) is 0 Å². The molecule has 0 N–H and O–H groups in total. The molecule has 0 saturated heterocycles. The SMILES string of the molecule is CCCCCCCCOc1ccc(-n2cc(-c3cc(-c4cn(-c5ccc(OCCCCCCCC)c(OCCCCCCCC)c5)nn4)cc(-c4cn(-c5ccc(OCCCCCCCC)c(OCCCCCCCC)c5)nn4)c3)nn2)cc1OCCCCCCCC. The van der Waals surface area contributed by atoms with Gasteiger partial charge in [0, 0.05) is 34.9 Å². The van der Waals surface area contributed by atoms with Gasteiger partial charge in [-0.15, -0.1) is 15.3 Å². The molecular weight excluding hydrogens is 1160 g/mol. The molecule has 15 heteroatoms. The average Bonchev–Trinajstić information content (AvgIpc) is 1.76. The van der Waals surface area contributed by atoms with E-state index in [-0.39, 0.29) is 0 Å². The Labute approximate surface area is 559 Å². The molecule has 0 unspecified atom stereocenters. The van der Waals surface area contributed by atoms with Crippen molar-refractivity contribution in [2.24, 2.45) is 0 Å². The summed E-state index contributed by atoms with van der Waals surface area (Å²) < 4.78 is 44.3. The average molecular weight is 1280 g/mol. The van der Waals surface area contributed by atoms with Gasteiger partial charge in [-0.25, -0.2) is 14.0 Å². The Morgan fingerprint density at radius 1 is 0.237 bits per heavy atom. The zero-order valence-corrected chi connectivity index (χ0v) is 58.3. The second kappa shape index (κ2) is 44.7. The smallest absolute Gasteiger partial charge is 0.163 e. The zero-order chi connectivity index (χ0) is 65.2. The van der Waals surface area contributed by atoms with Crippen molar-refractivity contribution in [1.82, 2.24) is 45.0 Å². The first-order valence-electron chi connectivity index (χ1n) is 37.1. The molecule has 0 atom stereocenters. The van der Waals surface area contributed by atoms with E-state index in [1.807, 2.05) is 87.2 Å². The fourth-order valence-electron chi connectivity index (χ4n) is 11.6. The molecule has 4 aromatic carbocycles. The van der Waals surface area contributed by atoms with E-state index in [2.05, 4.69) is 59.7 Å². The number of nitrogens with zero attached hydrogens (tertiary/aromatic N) is 9. The molecule has 0 aliphatic rings. The minimum Gasteiger partial charge on any atom is -0.490 e. The van der Waals surface area contributed by atoms with Crippen molar-refractivity contribution in [3.8, 4) is 85.3 Å². The van der Waals surface area contributed by atoms with E-state index in [1.165, 1.54) is 154 Å². The summed E-state index contributed by atoms with van der Waals surface area (Å²) in [6, 6.07) is 24.5. The minimum absolute atomic E-state index is 0.622. The van der Waals surface area contributed by atoms with Crippen LogP contribution in [-0.4, -0.2) is 84.6 Å². The van der Waals surface area contributed by atoms with E-state index in [4.69, 9.17) is 59.4 Å². The van der Waals surface area contributed by atoms with Crippen LogP contribution in [0.3, 0.4) is 0 Å². The second-order valence-electron chi connectivity index (χ2n) is 25.5. The van der Waals surface area contributed by atoms with Crippen molar-refractivity contribution >= 4 is 0 Å². The lowest BCUT2D eigenvalue weighted by Gasteiger charge is -2.14.